The number of anilines is 1. The molecule has 0 saturated heterocycles. The molecule has 0 fully saturated rings. The number of nitrogens with two attached hydrogens (primary N) is 1. The van der Waals surface area contributed by atoms with Gasteiger partial charge in [0.25, 0.3) is 11.8 Å². The number of H-pyrrole nitrogens is 1. The molecule has 3 rings (SSSR count). The number of primary amides is 1. The standard InChI is InChI=1S/C14H11N5O2/c15-13(20)9-3-1-2-4-10(9)16-14(21)8-5-6-11-12(7-8)18-19-17-11/h1-7H,(H2,15,20)(H,16,21)(H,17,18,19). The van der Waals surface area contributed by atoms with Crippen LogP contribution in [0.2, 0.25) is 0 Å². The Morgan fingerprint density at radius 2 is 1.81 bits per heavy atom. The number of nitrogens with one attached hydrogen (secondary N) is 2. The van der Waals surface area contributed by atoms with Crippen molar-refractivity contribution in [2.24, 2.45) is 5.73 Å². The van der Waals surface area contributed by atoms with E-state index in [-0.39, 0.29) is 11.5 Å². The summed E-state index contributed by atoms with van der Waals surface area (Å²) in [6.45, 7) is 0. The van der Waals surface area contributed by atoms with Gasteiger partial charge in [0, 0.05) is 5.56 Å². The number of nitrogens with zero attached hydrogens (tertiary/aromatic N) is 2. The average molecular weight is 281 g/mol. The third kappa shape index (κ3) is 2.44. The van der Waals surface area contributed by atoms with Gasteiger partial charge in [-0.2, -0.15) is 15.4 Å². The van der Waals surface area contributed by atoms with Gasteiger partial charge in [-0.3, -0.25) is 9.59 Å². The predicted molar refractivity (Wildman–Crippen MR) is 76.8 cm³/mol. The number of aromatic amines is 1. The first-order valence-corrected chi connectivity index (χ1v) is 6.16. The Morgan fingerprint density at radius 3 is 2.62 bits per heavy atom. The summed E-state index contributed by atoms with van der Waals surface area (Å²) < 4.78 is 0. The van der Waals surface area contributed by atoms with Gasteiger partial charge in [-0.1, -0.05) is 12.1 Å². The lowest BCUT2D eigenvalue weighted by atomic mass is 10.1. The van der Waals surface area contributed by atoms with Crippen LogP contribution in [0.15, 0.2) is 42.5 Å². The second-order valence-electron chi connectivity index (χ2n) is 4.39. The van der Waals surface area contributed by atoms with E-state index in [9.17, 15) is 9.59 Å². The highest BCUT2D eigenvalue weighted by Crippen LogP contribution is 2.17. The van der Waals surface area contributed by atoms with Crippen LogP contribution < -0.4 is 11.1 Å². The van der Waals surface area contributed by atoms with Crippen LogP contribution in [-0.4, -0.2) is 27.2 Å². The van der Waals surface area contributed by atoms with Gasteiger partial charge in [0.15, 0.2) is 0 Å². The molecule has 7 nitrogen and oxygen atoms in total. The number of hydrogen-bond acceptors (Lipinski definition) is 4. The molecule has 21 heavy (non-hydrogen) atoms. The van der Waals surface area contributed by atoms with Crippen LogP contribution in [0, 0.1) is 0 Å². The Hall–Kier alpha value is -3.22. The average Bonchev–Trinajstić information content (AvgIpc) is 2.94. The molecular weight excluding hydrogens is 270 g/mol. The van der Waals surface area contributed by atoms with Crippen molar-refractivity contribution >= 4 is 28.5 Å². The fraction of sp³-hybridized carbons (Fsp3) is 0. The van der Waals surface area contributed by atoms with Crippen molar-refractivity contribution in [3.8, 4) is 0 Å². The van der Waals surface area contributed by atoms with Gasteiger partial charge >= 0.3 is 0 Å². The molecule has 0 aliphatic heterocycles. The van der Waals surface area contributed by atoms with E-state index in [1.54, 1.807) is 42.5 Å². The molecule has 0 bridgehead atoms. The van der Waals surface area contributed by atoms with E-state index < -0.39 is 5.91 Å². The molecule has 1 aromatic heterocycles. The third-order valence-corrected chi connectivity index (χ3v) is 3.02. The van der Waals surface area contributed by atoms with Gasteiger partial charge in [0.05, 0.1) is 11.3 Å². The lowest BCUT2D eigenvalue weighted by Gasteiger charge is -2.08. The summed E-state index contributed by atoms with van der Waals surface area (Å²) in [5.74, 6) is -0.952. The van der Waals surface area contributed by atoms with E-state index in [4.69, 9.17) is 5.73 Å². The molecule has 0 atom stereocenters. The summed E-state index contributed by atoms with van der Waals surface area (Å²) in [6, 6.07) is 11.5. The molecule has 7 heteroatoms. The Balaban J connectivity index is 1.91. The molecule has 2 aromatic carbocycles. The van der Waals surface area contributed by atoms with Gasteiger partial charge in [-0.15, -0.1) is 0 Å². The van der Waals surface area contributed by atoms with E-state index in [0.29, 0.717) is 22.3 Å². The van der Waals surface area contributed by atoms with Crippen LogP contribution in [-0.2, 0) is 0 Å². The van der Waals surface area contributed by atoms with Crippen LogP contribution in [0.25, 0.3) is 11.0 Å². The van der Waals surface area contributed by atoms with Crippen molar-refractivity contribution in [1.82, 2.24) is 15.4 Å². The van der Waals surface area contributed by atoms with E-state index in [1.165, 1.54) is 0 Å². The van der Waals surface area contributed by atoms with Crippen LogP contribution in [0.1, 0.15) is 20.7 Å². The minimum Gasteiger partial charge on any atom is -0.366 e. The number of amides is 2. The van der Waals surface area contributed by atoms with Crippen LogP contribution in [0.5, 0.6) is 0 Å². The molecule has 104 valence electrons. The summed E-state index contributed by atoms with van der Waals surface area (Å²) in [5.41, 5.74) is 7.58. The van der Waals surface area contributed by atoms with Gasteiger partial charge in [0.1, 0.15) is 11.0 Å². The highest BCUT2D eigenvalue weighted by atomic mass is 16.2. The fourth-order valence-corrected chi connectivity index (χ4v) is 1.98. The molecule has 0 saturated carbocycles. The maximum Gasteiger partial charge on any atom is 0.255 e. The van der Waals surface area contributed by atoms with E-state index in [2.05, 4.69) is 20.7 Å². The van der Waals surface area contributed by atoms with Crippen molar-refractivity contribution in [3.63, 3.8) is 0 Å². The molecule has 0 unspecified atom stereocenters. The maximum atomic E-state index is 12.2. The summed E-state index contributed by atoms with van der Waals surface area (Å²) in [6.07, 6.45) is 0. The monoisotopic (exact) mass is 281 g/mol. The lowest BCUT2D eigenvalue weighted by Crippen LogP contribution is -2.18. The highest BCUT2D eigenvalue weighted by molar-refractivity contribution is 6.09. The fourth-order valence-electron chi connectivity index (χ4n) is 1.98. The Bertz CT molecular complexity index is 840. The zero-order valence-corrected chi connectivity index (χ0v) is 10.8. The Labute approximate surface area is 119 Å². The van der Waals surface area contributed by atoms with Gasteiger partial charge in [0.2, 0.25) is 0 Å². The number of fused-ring (bicyclic) bond motifs is 1. The van der Waals surface area contributed by atoms with E-state index >= 15 is 0 Å². The molecule has 4 N–H and O–H groups in total. The highest BCUT2D eigenvalue weighted by Gasteiger charge is 2.12. The first kappa shape index (κ1) is 12.8. The largest absolute Gasteiger partial charge is 0.366 e. The quantitative estimate of drug-likeness (QED) is 0.671. The molecule has 0 aliphatic rings. The zero-order valence-electron chi connectivity index (χ0n) is 10.8. The second kappa shape index (κ2) is 5.04. The van der Waals surface area contributed by atoms with E-state index in [1.807, 2.05) is 0 Å². The van der Waals surface area contributed by atoms with Crippen LogP contribution >= 0.6 is 0 Å². The number of para-hydroxylation sites is 1. The molecule has 0 radical (unpaired) electrons. The third-order valence-electron chi connectivity index (χ3n) is 3.02. The number of rotatable bonds is 3. The first-order valence-electron chi connectivity index (χ1n) is 6.16. The molecule has 0 aliphatic carbocycles. The second-order valence-corrected chi connectivity index (χ2v) is 4.39. The van der Waals surface area contributed by atoms with Gasteiger partial charge < -0.3 is 11.1 Å². The molecule has 1 heterocycles. The smallest absolute Gasteiger partial charge is 0.255 e. The van der Waals surface area contributed by atoms with Crippen LogP contribution in [0.4, 0.5) is 5.69 Å². The van der Waals surface area contributed by atoms with Crippen molar-refractivity contribution < 1.29 is 9.59 Å². The summed E-state index contributed by atoms with van der Waals surface area (Å²) in [7, 11) is 0. The number of aromatic nitrogens is 3. The molecule has 0 spiro atoms. The normalized spacial score (nSPS) is 10.5. The topological polar surface area (TPSA) is 114 Å². The first-order chi connectivity index (χ1) is 10.1. The summed E-state index contributed by atoms with van der Waals surface area (Å²) in [4.78, 5) is 23.6. The van der Waals surface area contributed by atoms with E-state index in [0.717, 1.165) is 0 Å². The summed E-state index contributed by atoms with van der Waals surface area (Å²) in [5, 5.41) is 13.0. The Kier molecular flexibility index (Phi) is 3.07. The maximum absolute atomic E-state index is 12.2. The minimum atomic E-state index is -0.599. The van der Waals surface area contributed by atoms with Crippen molar-refractivity contribution in [2.75, 3.05) is 5.32 Å². The minimum absolute atomic E-state index is 0.258. The number of carbonyl (C=O) groups excluding carboxylic acids is 2. The zero-order chi connectivity index (χ0) is 14.8. The Morgan fingerprint density at radius 1 is 1.05 bits per heavy atom. The van der Waals surface area contributed by atoms with Crippen molar-refractivity contribution in [2.45, 2.75) is 0 Å². The predicted octanol–water partition coefficient (Wildman–Crippen LogP) is 1.31. The molecule has 3 aromatic rings. The van der Waals surface area contributed by atoms with Crippen molar-refractivity contribution in [1.29, 1.82) is 0 Å². The SMILES string of the molecule is NC(=O)c1ccccc1NC(=O)c1ccc2n[nH]nc2c1. The van der Waals surface area contributed by atoms with Crippen molar-refractivity contribution in [3.05, 3.63) is 53.6 Å². The van der Waals surface area contributed by atoms with Gasteiger partial charge in [-0.05, 0) is 30.3 Å². The number of hydrogen-bond donors (Lipinski definition) is 3. The van der Waals surface area contributed by atoms with Crippen LogP contribution in [0.3, 0.4) is 0 Å². The molecular formula is C14H11N5O2. The molecule has 2 amide bonds. The number of benzene rings is 2. The number of carbonyl (C=O) groups is 2. The lowest BCUT2D eigenvalue weighted by molar-refractivity contribution is 0.100. The summed E-state index contributed by atoms with van der Waals surface area (Å²) >= 11 is 0. The van der Waals surface area contributed by atoms with Gasteiger partial charge in [-0.25, -0.2) is 0 Å².